The second-order valence-corrected chi connectivity index (χ2v) is 4.06. The summed E-state index contributed by atoms with van der Waals surface area (Å²) in [6, 6.07) is 0. The molecule has 0 amide bonds. The molecule has 0 heterocycles. The summed E-state index contributed by atoms with van der Waals surface area (Å²) in [4.78, 5) is 11.5. The molecule has 1 saturated carbocycles. The van der Waals surface area contributed by atoms with Gasteiger partial charge in [-0.25, -0.2) is 0 Å². The van der Waals surface area contributed by atoms with Crippen LogP contribution in [0.4, 0.5) is 0 Å². The van der Waals surface area contributed by atoms with Gasteiger partial charge in [0.05, 0.1) is 0 Å². The number of hydrogen-bond acceptors (Lipinski definition) is 2. The molecule has 0 aliphatic heterocycles. The maximum Gasteiger partial charge on any atom is 0.162 e. The third-order valence-electron chi connectivity index (χ3n) is 2.05. The molecule has 0 aromatic heterocycles. The van der Waals surface area contributed by atoms with Gasteiger partial charge in [-0.15, -0.1) is 0 Å². The molecule has 0 bridgehead atoms. The molecule has 0 N–H and O–H groups in total. The van der Waals surface area contributed by atoms with Gasteiger partial charge in [0.25, 0.3) is 0 Å². The third kappa shape index (κ3) is 2.27. The summed E-state index contributed by atoms with van der Waals surface area (Å²) in [7, 11) is 1.60. The first kappa shape index (κ1) is 9.20. The van der Waals surface area contributed by atoms with Gasteiger partial charge in [-0.3, -0.25) is 4.79 Å². The topological polar surface area (TPSA) is 26.3 Å². The Balaban J connectivity index is 2.58. The average molecular weight is 221 g/mol. The summed E-state index contributed by atoms with van der Waals surface area (Å²) in [5.74, 6) is 0.242. The van der Waals surface area contributed by atoms with Gasteiger partial charge in [-0.05, 0) is 12.8 Å². The van der Waals surface area contributed by atoms with Crippen molar-refractivity contribution in [2.24, 2.45) is 0 Å². The van der Waals surface area contributed by atoms with Crippen LogP contribution in [0.1, 0.15) is 25.7 Å². The van der Waals surface area contributed by atoms with E-state index in [-0.39, 0.29) is 16.7 Å². The van der Waals surface area contributed by atoms with E-state index in [9.17, 15) is 4.79 Å². The fourth-order valence-corrected chi connectivity index (χ4v) is 2.25. The lowest BCUT2D eigenvalue weighted by Crippen LogP contribution is -2.30. The fourth-order valence-electron chi connectivity index (χ4n) is 1.41. The predicted molar refractivity (Wildman–Crippen MR) is 47.0 cm³/mol. The van der Waals surface area contributed by atoms with Crippen LogP contribution < -0.4 is 0 Å². The van der Waals surface area contributed by atoms with E-state index in [0.29, 0.717) is 6.42 Å². The number of rotatable bonds is 1. The van der Waals surface area contributed by atoms with Crippen LogP contribution in [0.15, 0.2) is 0 Å². The first-order valence-electron chi connectivity index (χ1n) is 3.95. The lowest BCUT2D eigenvalue weighted by molar-refractivity contribution is -0.128. The Hall–Kier alpha value is 0.110. The van der Waals surface area contributed by atoms with Crippen molar-refractivity contribution in [1.29, 1.82) is 0 Å². The van der Waals surface area contributed by atoms with Crippen molar-refractivity contribution < 1.29 is 9.53 Å². The summed E-state index contributed by atoms with van der Waals surface area (Å²) in [6.07, 6.45) is 3.66. The van der Waals surface area contributed by atoms with Gasteiger partial charge in [0, 0.05) is 18.4 Å². The van der Waals surface area contributed by atoms with Crippen molar-refractivity contribution in [3.05, 3.63) is 0 Å². The minimum Gasteiger partial charge on any atom is -0.373 e. The molecule has 11 heavy (non-hydrogen) atoms. The van der Waals surface area contributed by atoms with Gasteiger partial charge in [0.1, 0.15) is 6.10 Å². The number of methoxy groups -OCH3 is 1. The second kappa shape index (κ2) is 4.21. The zero-order chi connectivity index (χ0) is 8.27. The van der Waals surface area contributed by atoms with E-state index in [1.165, 1.54) is 0 Å². The van der Waals surface area contributed by atoms with E-state index in [0.717, 1.165) is 19.3 Å². The standard InChI is InChI=1S/C8H13BrO2/c1-11-8-6(9)4-2-3-5-7(8)10/h6,8H,2-5H2,1H3. The molecule has 3 heteroatoms. The van der Waals surface area contributed by atoms with Crippen molar-refractivity contribution in [2.45, 2.75) is 36.6 Å². The summed E-state index contributed by atoms with van der Waals surface area (Å²) >= 11 is 3.46. The van der Waals surface area contributed by atoms with Crippen LogP contribution in [-0.4, -0.2) is 23.8 Å². The number of Topliss-reactive ketones (excluding diaryl/α,β-unsaturated/α-hetero) is 1. The van der Waals surface area contributed by atoms with Gasteiger partial charge in [0.15, 0.2) is 5.78 Å². The monoisotopic (exact) mass is 220 g/mol. The number of ketones is 1. The van der Waals surface area contributed by atoms with Crippen molar-refractivity contribution in [3.63, 3.8) is 0 Å². The number of halogens is 1. The lowest BCUT2D eigenvalue weighted by Gasteiger charge is -2.15. The Morgan fingerprint density at radius 1 is 1.55 bits per heavy atom. The van der Waals surface area contributed by atoms with Crippen LogP contribution in [0.2, 0.25) is 0 Å². The van der Waals surface area contributed by atoms with E-state index in [1.807, 2.05) is 0 Å². The highest BCUT2D eigenvalue weighted by atomic mass is 79.9. The normalized spacial score (nSPS) is 33.5. The Kier molecular flexibility index (Phi) is 3.52. The Labute approximate surface area is 75.4 Å². The number of alkyl halides is 1. The minimum absolute atomic E-state index is 0.211. The zero-order valence-electron chi connectivity index (χ0n) is 6.68. The van der Waals surface area contributed by atoms with Crippen LogP contribution in [0.5, 0.6) is 0 Å². The molecular weight excluding hydrogens is 208 g/mol. The summed E-state index contributed by atoms with van der Waals surface area (Å²) in [6.45, 7) is 0. The summed E-state index contributed by atoms with van der Waals surface area (Å²) in [5.41, 5.74) is 0. The van der Waals surface area contributed by atoms with E-state index >= 15 is 0 Å². The Morgan fingerprint density at radius 2 is 2.27 bits per heavy atom. The molecule has 2 atom stereocenters. The first-order chi connectivity index (χ1) is 5.25. The largest absolute Gasteiger partial charge is 0.373 e. The maximum absolute atomic E-state index is 11.3. The minimum atomic E-state index is -0.211. The van der Waals surface area contributed by atoms with Crippen molar-refractivity contribution in [2.75, 3.05) is 7.11 Å². The van der Waals surface area contributed by atoms with E-state index in [4.69, 9.17) is 4.74 Å². The van der Waals surface area contributed by atoms with Crippen LogP contribution in [-0.2, 0) is 9.53 Å². The number of ether oxygens (including phenoxy) is 1. The Morgan fingerprint density at radius 3 is 2.91 bits per heavy atom. The molecule has 1 aliphatic rings. The molecule has 0 aromatic carbocycles. The quantitative estimate of drug-likeness (QED) is 0.499. The average Bonchev–Trinajstić information content (AvgIpc) is 2.12. The molecule has 0 radical (unpaired) electrons. The highest BCUT2D eigenvalue weighted by Crippen LogP contribution is 2.23. The highest BCUT2D eigenvalue weighted by Gasteiger charge is 2.27. The number of hydrogen-bond donors (Lipinski definition) is 0. The summed E-state index contributed by atoms with van der Waals surface area (Å²) < 4.78 is 5.10. The van der Waals surface area contributed by atoms with Crippen molar-refractivity contribution in [1.82, 2.24) is 0 Å². The fraction of sp³-hybridized carbons (Fsp3) is 0.875. The summed E-state index contributed by atoms with van der Waals surface area (Å²) in [5, 5.41) is 0. The van der Waals surface area contributed by atoms with Crippen LogP contribution in [0.25, 0.3) is 0 Å². The highest BCUT2D eigenvalue weighted by molar-refractivity contribution is 9.09. The van der Waals surface area contributed by atoms with Crippen molar-refractivity contribution in [3.8, 4) is 0 Å². The first-order valence-corrected chi connectivity index (χ1v) is 4.87. The Bertz CT molecular complexity index is 147. The molecule has 64 valence electrons. The van der Waals surface area contributed by atoms with Crippen molar-refractivity contribution >= 4 is 21.7 Å². The van der Waals surface area contributed by atoms with Gasteiger partial charge in [0.2, 0.25) is 0 Å². The molecule has 1 fully saturated rings. The van der Waals surface area contributed by atoms with Crippen LogP contribution in [0, 0.1) is 0 Å². The second-order valence-electron chi connectivity index (χ2n) is 2.88. The van der Waals surface area contributed by atoms with Crippen LogP contribution >= 0.6 is 15.9 Å². The number of carbonyl (C=O) groups excluding carboxylic acids is 1. The van der Waals surface area contributed by atoms with E-state index < -0.39 is 0 Å². The van der Waals surface area contributed by atoms with E-state index in [2.05, 4.69) is 15.9 Å². The van der Waals surface area contributed by atoms with Gasteiger partial charge in [-0.2, -0.15) is 0 Å². The third-order valence-corrected chi connectivity index (χ3v) is 2.99. The van der Waals surface area contributed by atoms with E-state index in [1.54, 1.807) is 7.11 Å². The smallest absolute Gasteiger partial charge is 0.162 e. The number of carbonyl (C=O) groups is 1. The van der Waals surface area contributed by atoms with Gasteiger partial charge >= 0.3 is 0 Å². The van der Waals surface area contributed by atoms with Gasteiger partial charge in [-0.1, -0.05) is 22.4 Å². The van der Waals surface area contributed by atoms with Gasteiger partial charge < -0.3 is 4.74 Å². The molecule has 1 aliphatic carbocycles. The lowest BCUT2D eigenvalue weighted by atomic mass is 10.1. The zero-order valence-corrected chi connectivity index (χ0v) is 8.26. The molecule has 2 unspecified atom stereocenters. The van der Waals surface area contributed by atoms with Crippen LogP contribution in [0.3, 0.4) is 0 Å². The maximum atomic E-state index is 11.3. The predicted octanol–water partition coefficient (Wildman–Crippen LogP) is 1.91. The molecule has 0 saturated heterocycles. The molecular formula is C8H13BrO2. The SMILES string of the molecule is COC1C(=O)CCCCC1Br. The molecule has 0 spiro atoms. The molecule has 0 aromatic rings. The molecule has 2 nitrogen and oxygen atoms in total. The molecule has 1 rings (SSSR count).